The zero-order valence-corrected chi connectivity index (χ0v) is 16.5. The van der Waals surface area contributed by atoms with Crippen LogP contribution in [0.15, 0.2) is 64.6 Å². The molecule has 1 aliphatic rings. The van der Waals surface area contributed by atoms with E-state index in [4.69, 9.17) is 4.74 Å². The molecule has 1 rings (SSSR count). The molecule has 1 aliphatic heterocycles. The molecule has 0 unspecified atom stereocenters. The Bertz CT molecular complexity index is 653. The van der Waals surface area contributed by atoms with Gasteiger partial charge in [0.25, 0.3) is 0 Å². The number of rotatable bonds is 8. The van der Waals surface area contributed by atoms with Crippen molar-refractivity contribution in [2.75, 3.05) is 26.7 Å². The van der Waals surface area contributed by atoms with Gasteiger partial charge in [-0.25, -0.2) is 0 Å². The molecule has 1 heterocycles. The van der Waals surface area contributed by atoms with Gasteiger partial charge in [-0.3, -0.25) is 4.99 Å². The van der Waals surface area contributed by atoms with Crippen LogP contribution in [-0.4, -0.2) is 43.5 Å². The zero-order chi connectivity index (χ0) is 20.3. The number of nitrogens with zero attached hydrogens (tertiary/aromatic N) is 2. The summed E-state index contributed by atoms with van der Waals surface area (Å²) in [5.41, 5.74) is 1.32. The van der Waals surface area contributed by atoms with Crippen molar-refractivity contribution in [2.24, 2.45) is 4.99 Å². The SMILES string of the molecule is C/C=C\C=C(/COC(/C=C/CC)=C/N=C(\C)C(F)(F)F)C1=CCN(C)CC1. The number of halogens is 3. The van der Waals surface area contributed by atoms with E-state index in [-0.39, 0.29) is 6.61 Å². The molecule has 3 nitrogen and oxygen atoms in total. The highest BCUT2D eigenvalue weighted by molar-refractivity contribution is 5.87. The summed E-state index contributed by atoms with van der Waals surface area (Å²) in [5, 5.41) is 0. The van der Waals surface area contributed by atoms with Gasteiger partial charge in [0.15, 0.2) is 0 Å². The summed E-state index contributed by atoms with van der Waals surface area (Å²) in [4.78, 5) is 5.73. The summed E-state index contributed by atoms with van der Waals surface area (Å²) in [6.07, 6.45) is 9.87. The molecular weight excluding hydrogens is 353 g/mol. The summed E-state index contributed by atoms with van der Waals surface area (Å²) < 4.78 is 43.7. The van der Waals surface area contributed by atoms with E-state index >= 15 is 0 Å². The second-order valence-corrected chi connectivity index (χ2v) is 6.30. The molecule has 0 fully saturated rings. The van der Waals surface area contributed by atoms with Crippen molar-refractivity contribution >= 4 is 5.71 Å². The number of likely N-dealkylation sites (N-methyl/N-ethyl adjacent to an activating group) is 1. The van der Waals surface area contributed by atoms with Gasteiger partial charge in [-0.15, -0.1) is 0 Å². The topological polar surface area (TPSA) is 24.8 Å². The highest BCUT2D eigenvalue weighted by Gasteiger charge is 2.31. The molecule has 0 saturated heterocycles. The van der Waals surface area contributed by atoms with Crippen LogP contribution in [0.5, 0.6) is 0 Å². The maximum Gasteiger partial charge on any atom is 0.429 e. The Balaban J connectivity index is 2.97. The highest BCUT2D eigenvalue weighted by Crippen LogP contribution is 2.21. The maximum atomic E-state index is 12.6. The van der Waals surface area contributed by atoms with Crippen LogP contribution in [0.2, 0.25) is 0 Å². The van der Waals surface area contributed by atoms with E-state index in [9.17, 15) is 13.2 Å². The average Bonchev–Trinajstić information content (AvgIpc) is 2.63. The first-order chi connectivity index (χ1) is 12.8. The third-order valence-corrected chi connectivity index (χ3v) is 4.02. The molecule has 0 amide bonds. The Kier molecular flexibility index (Phi) is 9.86. The van der Waals surface area contributed by atoms with Crippen LogP contribution in [0.4, 0.5) is 13.2 Å². The smallest absolute Gasteiger partial charge is 0.429 e. The molecule has 0 spiro atoms. The lowest BCUT2D eigenvalue weighted by atomic mass is 9.99. The molecule has 0 N–H and O–H groups in total. The molecule has 0 aromatic heterocycles. The average molecular weight is 382 g/mol. The lowest BCUT2D eigenvalue weighted by Crippen LogP contribution is -2.25. The Morgan fingerprint density at radius 2 is 2.11 bits per heavy atom. The predicted octanol–water partition coefficient (Wildman–Crippen LogP) is 5.60. The normalized spacial score (nSPS) is 18.5. The summed E-state index contributed by atoms with van der Waals surface area (Å²) >= 11 is 0. The second kappa shape index (κ2) is 11.6. The maximum absolute atomic E-state index is 12.6. The molecular formula is C21H29F3N2O. The van der Waals surface area contributed by atoms with Crippen molar-refractivity contribution in [3.8, 4) is 0 Å². The van der Waals surface area contributed by atoms with Gasteiger partial charge in [0, 0.05) is 13.1 Å². The summed E-state index contributed by atoms with van der Waals surface area (Å²) in [5.74, 6) is 0.306. The minimum Gasteiger partial charge on any atom is -0.487 e. The monoisotopic (exact) mass is 382 g/mol. The van der Waals surface area contributed by atoms with Crippen LogP contribution < -0.4 is 0 Å². The van der Waals surface area contributed by atoms with Gasteiger partial charge in [0.05, 0.1) is 6.20 Å². The zero-order valence-electron chi connectivity index (χ0n) is 16.5. The van der Waals surface area contributed by atoms with Crippen molar-refractivity contribution in [3.05, 3.63) is 59.6 Å². The molecule has 150 valence electrons. The van der Waals surface area contributed by atoms with Gasteiger partial charge in [-0.05, 0) is 51.0 Å². The van der Waals surface area contributed by atoms with E-state index < -0.39 is 11.9 Å². The lowest BCUT2D eigenvalue weighted by Gasteiger charge is -2.23. The highest BCUT2D eigenvalue weighted by atomic mass is 19.4. The minimum absolute atomic E-state index is 0.278. The minimum atomic E-state index is -4.44. The fraction of sp³-hybridized carbons (Fsp3) is 0.476. The molecule has 0 aromatic rings. The standard InChI is InChI=1S/C21H29F3N2O/c1-5-7-9-19(18-11-13-26(4)14-12-18)16-27-20(10-8-6-2)15-25-17(3)21(22,23)24/h5,7-11,15H,6,12-14,16H2,1-4H3/b7-5-,10-8+,19-9+,20-15+,25-17+. The van der Waals surface area contributed by atoms with Gasteiger partial charge in [0.2, 0.25) is 0 Å². The molecule has 0 bridgehead atoms. The third-order valence-electron chi connectivity index (χ3n) is 4.02. The van der Waals surface area contributed by atoms with Crippen LogP contribution in [0, 0.1) is 0 Å². The molecule has 6 heteroatoms. The Hall–Kier alpha value is -2.08. The van der Waals surface area contributed by atoms with Crippen molar-refractivity contribution in [2.45, 2.75) is 39.8 Å². The van der Waals surface area contributed by atoms with Crippen LogP contribution >= 0.6 is 0 Å². The number of aliphatic imine (C=N–C) groups is 1. The fourth-order valence-electron chi connectivity index (χ4n) is 2.28. The molecule has 0 saturated carbocycles. The second-order valence-electron chi connectivity index (χ2n) is 6.30. The van der Waals surface area contributed by atoms with Gasteiger partial charge in [0.1, 0.15) is 18.1 Å². The summed E-state index contributed by atoms with van der Waals surface area (Å²) in [6.45, 7) is 6.93. The molecule has 0 atom stereocenters. The first-order valence-corrected chi connectivity index (χ1v) is 9.08. The van der Waals surface area contributed by atoms with Crippen LogP contribution in [0.1, 0.15) is 33.6 Å². The van der Waals surface area contributed by atoms with Crippen molar-refractivity contribution in [1.29, 1.82) is 0 Å². The molecule has 0 aromatic carbocycles. The Morgan fingerprint density at radius 1 is 1.37 bits per heavy atom. The van der Waals surface area contributed by atoms with Crippen molar-refractivity contribution in [3.63, 3.8) is 0 Å². The quantitative estimate of drug-likeness (QED) is 0.310. The third kappa shape index (κ3) is 8.91. The Morgan fingerprint density at radius 3 is 2.67 bits per heavy atom. The van der Waals surface area contributed by atoms with Gasteiger partial charge >= 0.3 is 6.18 Å². The number of allylic oxidation sites excluding steroid dienone is 5. The molecule has 27 heavy (non-hydrogen) atoms. The number of hydrogen-bond donors (Lipinski definition) is 0. The van der Waals surface area contributed by atoms with Gasteiger partial charge in [-0.2, -0.15) is 13.2 Å². The van der Waals surface area contributed by atoms with Crippen LogP contribution in [-0.2, 0) is 4.74 Å². The number of alkyl halides is 3. The van der Waals surface area contributed by atoms with E-state index in [0.29, 0.717) is 5.76 Å². The number of hydrogen-bond acceptors (Lipinski definition) is 3. The van der Waals surface area contributed by atoms with E-state index in [0.717, 1.165) is 44.6 Å². The first kappa shape index (κ1) is 23.0. The first-order valence-electron chi connectivity index (χ1n) is 9.08. The molecule has 0 radical (unpaired) electrons. The van der Waals surface area contributed by atoms with Crippen LogP contribution in [0.25, 0.3) is 0 Å². The number of ether oxygens (including phenoxy) is 1. The summed E-state index contributed by atoms with van der Waals surface area (Å²) in [6, 6.07) is 0. The van der Waals surface area contributed by atoms with Crippen molar-refractivity contribution in [1.82, 2.24) is 4.90 Å². The fourth-order valence-corrected chi connectivity index (χ4v) is 2.28. The largest absolute Gasteiger partial charge is 0.487 e. The van der Waals surface area contributed by atoms with Crippen LogP contribution in [0.3, 0.4) is 0 Å². The van der Waals surface area contributed by atoms with E-state index in [1.807, 2.05) is 38.2 Å². The predicted molar refractivity (Wildman–Crippen MR) is 106 cm³/mol. The van der Waals surface area contributed by atoms with E-state index in [2.05, 4.69) is 23.0 Å². The van der Waals surface area contributed by atoms with E-state index in [1.165, 1.54) is 5.57 Å². The molecule has 0 aliphatic carbocycles. The summed E-state index contributed by atoms with van der Waals surface area (Å²) in [7, 11) is 2.07. The van der Waals surface area contributed by atoms with E-state index in [1.54, 1.807) is 6.08 Å². The van der Waals surface area contributed by atoms with Gasteiger partial charge in [-0.1, -0.05) is 37.3 Å². The lowest BCUT2D eigenvalue weighted by molar-refractivity contribution is -0.0591. The Labute approximate surface area is 160 Å². The van der Waals surface area contributed by atoms with Gasteiger partial charge < -0.3 is 9.64 Å². The van der Waals surface area contributed by atoms with Crippen molar-refractivity contribution < 1.29 is 17.9 Å².